The van der Waals surface area contributed by atoms with E-state index in [4.69, 9.17) is 14.2 Å². The van der Waals surface area contributed by atoms with E-state index in [0.29, 0.717) is 30.1 Å². The van der Waals surface area contributed by atoms with Crippen molar-refractivity contribution in [1.29, 1.82) is 0 Å². The molecule has 0 bridgehead atoms. The van der Waals surface area contributed by atoms with Gasteiger partial charge in [0, 0.05) is 4.47 Å². The van der Waals surface area contributed by atoms with Crippen LogP contribution in [0.4, 0.5) is 0 Å². The van der Waals surface area contributed by atoms with E-state index in [1.54, 1.807) is 36.4 Å². The zero-order chi connectivity index (χ0) is 18.9. The number of carbonyl (C=O) groups excluding carboxylic acids is 2. The molecule has 0 aromatic heterocycles. The first-order chi connectivity index (χ1) is 12.5. The lowest BCUT2D eigenvalue weighted by molar-refractivity contribution is 0.0503. The predicted molar refractivity (Wildman–Crippen MR) is 102 cm³/mol. The van der Waals surface area contributed by atoms with E-state index in [2.05, 4.69) is 15.9 Å². The van der Waals surface area contributed by atoms with Gasteiger partial charge in [0.25, 0.3) is 0 Å². The Morgan fingerprint density at radius 1 is 0.962 bits per heavy atom. The van der Waals surface area contributed by atoms with Crippen LogP contribution in [0.5, 0.6) is 11.5 Å². The zero-order valence-electron chi connectivity index (χ0n) is 14.8. The molecule has 0 unspecified atom stereocenters. The average Bonchev–Trinajstić information content (AvgIpc) is 2.65. The van der Waals surface area contributed by atoms with Crippen LogP contribution in [0.2, 0.25) is 0 Å². The molecular weight excluding hydrogens is 400 g/mol. The maximum atomic E-state index is 12.6. The summed E-state index contributed by atoms with van der Waals surface area (Å²) in [6, 6.07) is 11.5. The van der Waals surface area contributed by atoms with E-state index in [0.717, 1.165) is 17.3 Å². The first-order valence-electron chi connectivity index (χ1n) is 8.46. The van der Waals surface area contributed by atoms with Crippen molar-refractivity contribution in [2.45, 2.75) is 26.7 Å². The molecule has 2 aromatic rings. The van der Waals surface area contributed by atoms with Crippen molar-refractivity contribution in [3.05, 3.63) is 58.1 Å². The Bertz CT molecular complexity index is 773. The van der Waals surface area contributed by atoms with Gasteiger partial charge in [-0.1, -0.05) is 35.8 Å². The van der Waals surface area contributed by atoms with E-state index in [9.17, 15) is 9.59 Å². The summed E-state index contributed by atoms with van der Waals surface area (Å²) < 4.78 is 16.9. The Morgan fingerprint density at radius 2 is 1.73 bits per heavy atom. The molecule has 0 amide bonds. The van der Waals surface area contributed by atoms with Crippen molar-refractivity contribution in [3.8, 4) is 11.5 Å². The average molecular weight is 421 g/mol. The first kappa shape index (κ1) is 20.0. The molecule has 0 spiro atoms. The van der Waals surface area contributed by atoms with Crippen molar-refractivity contribution < 1.29 is 23.8 Å². The number of rotatable bonds is 8. The number of benzene rings is 2. The molecule has 26 heavy (non-hydrogen) atoms. The minimum atomic E-state index is -0.559. The summed E-state index contributed by atoms with van der Waals surface area (Å²) in [4.78, 5) is 24.5. The van der Waals surface area contributed by atoms with Gasteiger partial charge in [0.05, 0.1) is 18.8 Å². The lowest BCUT2D eigenvalue weighted by Crippen LogP contribution is -2.12. The largest absolute Gasteiger partial charge is 0.493 e. The highest BCUT2D eigenvalue weighted by Gasteiger charge is 2.17. The summed E-state index contributed by atoms with van der Waals surface area (Å²) in [6.07, 6.45) is 1.57. The molecule has 0 N–H and O–H groups in total. The van der Waals surface area contributed by atoms with Gasteiger partial charge in [0.15, 0.2) is 0 Å². The maximum absolute atomic E-state index is 12.6. The number of carbonyl (C=O) groups is 2. The smallest absolute Gasteiger partial charge is 0.347 e. The van der Waals surface area contributed by atoms with Crippen LogP contribution >= 0.6 is 15.9 Å². The van der Waals surface area contributed by atoms with Crippen LogP contribution in [0.3, 0.4) is 0 Å². The topological polar surface area (TPSA) is 61.8 Å². The molecule has 0 aliphatic heterocycles. The second-order valence-corrected chi connectivity index (χ2v) is 6.46. The van der Waals surface area contributed by atoms with Crippen LogP contribution < -0.4 is 9.47 Å². The molecule has 2 aromatic carbocycles. The summed E-state index contributed by atoms with van der Waals surface area (Å²) in [5.74, 6) is -0.281. The van der Waals surface area contributed by atoms with E-state index < -0.39 is 11.9 Å². The molecule has 5 nitrogen and oxygen atoms in total. The van der Waals surface area contributed by atoms with Crippen molar-refractivity contribution >= 4 is 27.9 Å². The van der Waals surface area contributed by atoms with Crippen LogP contribution in [0.15, 0.2) is 46.9 Å². The second kappa shape index (κ2) is 9.97. The minimum Gasteiger partial charge on any atom is -0.493 e. The summed E-state index contributed by atoms with van der Waals surface area (Å²) in [5, 5.41) is 0. The molecule has 6 heteroatoms. The Hall–Kier alpha value is -2.34. The SMILES string of the molecule is CCCOC(=O)c1cccc(OC(=O)c2cc(Br)ccc2OCCC)c1. The first-order valence-corrected chi connectivity index (χ1v) is 9.26. The van der Waals surface area contributed by atoms with Gasteiger partial charge in [0.1, 0.15) is 17.1 Å². The summed E-state index contributed by atoms with van der Waals surface area (Å²) in [6.45, 7) is 4.75. The summed E-state index contributed by atoms with van der Waals surface area (Å²) in [5.41, 5.74) is 0.646. The van der Waals surface area contributed by atoms with Crippen molar-refractivity contribution in [3.63, 3.8) is 0 Å². The highest BCUT2D eigenvalue weighted by molar-refractivity contribution is 9.10. The van der Waals surface area contributed by atoms with Crippen molar-refractivity contribution in [2.24, 2.45) is 0 Å². The predicted octanol–water partition coefficient (Wildman–Crippen LogP) is 5.02. The summed E-state index contributed by atoms with van der Waals surface area (Å²) >= 11 is 3.35. The third kappa shape index (κ3) is 5.59. The zero-order valence-corrected chi connectivity index (χ0v) is 16.4. The third-order valence-corrected chi connectivity index (χ3v) is 3.83. The molecule has 0 heterocycles. The van der Waals surface area contributed by atoms with Crippen LogP contribution in [0, 0.1) is 0 Å². The maximum Gasteiger partial charge on any atom is 0.347 e. The standard InChI is InChI=1S/C20H21BrO5/c1-3-10-24-18-9-8-15(21)13-17(18)20(23)26-16-7-5-6-14(12-16)19(22)25-11-4-2/h5-9,12-13H,3-4,10-11H2,1-2H3. The molecule has 0 fully saturated rings. The van der Waals surface area contributed by atoms with Crippen LogP contribution in [0.25, 0.3) is 0 Å². The van der Waals surface area contributed by atoms with Gasteiger partial charge in [-0.25, -0.2) is 9.59 Å². The molecule has 0 saturated carbocycles. The normalized spacial score (nSPS) is 10.3. The highest BCUT2D eigenvalue weighted by Crippen LogP contribution is 2.25. The molecular formula is C20H21BrO5. The van der Waals surface area contributed by atoms with Crippen LogP contribution in [0.1, 0.15) is 47.4 Å². The van der Waals surface area contributed by atoms with Gasteiger partial charge >= 0.3 is 11.9 Å². The Kier molecular flexibility index (Phi) is 7.66. The second-order valence-electron chi connectivity index (χ2n) is 5.54. The minimum absolute atomic E-state index is 0.266. The molecule has 0 aliphatic rings. The van der Waals surface area contributed by atoms with Gasteiger partial charge in [0.2, 0.25) is 0 Å². The van der Waals surface area contributed by atoms with E-state index in [1.165, 1.54) is 6.07 Å². The Morgan fingerprint density at radius 3 is 2.46 bits per heavy atom. The molecule has 2 rings (SSSR count). The summed E-state index contributed by atoms with van der Waals surface area (Å²) in [7, 11) is 0. The number of hydrogen-bond donors (Lipinski definition) is 0. The molecule has 0 saturated heterocycles. The lowest BCUT2D eigenvalue weighted by atomic mass is 10.2. The van der Waals surface area contributed by atoms with Crippen molar-refractivity contribution in [1.82, 2.24) is 0 Å². The van der Waals surface area contributed by atoms with Crippen LogP contribution in [-0.4, -0.2) is 25.2 Å². The molecule has 0 aliphatic carbocycles. The fraction of sp³-hybridized carbons (Fsp3) is 0.300. The number of halogens is 1. The van der Waals surface area contributed by atoms with Gasteiger partial charge in [-0.3, -0.25) is 0 Å². The fourth-order valence-electron chi connectivity index (χ4n) is 2.13. The Labute approximate surface area is 161 Å². The van der Waals surface area contributed by atoms with Gasteiger partial charge < -0.3 is 14.2 Å². The molecule has 138 valence electrons. The number of esters is 2. The van der Waals surface area contributed by atoms with E-state index >= 15 is 0 Å². The monoisotopic (exact) mass is 420 g/mol. The fourth-order valence-corrected chi connectivity index (χ4v) is 2.49. The van der Waals surface area contributed by atoms with Gasteiger partial charge in [-0.2, -0.15) is 0 Å². The Balaban J connectivity index is 2.17. The molecule has 0 radical (unpaired) electrons. The van der Waals surface area contributed by atoms with E-state index in [-0.39, 0.29) is 5.75 Å². The van der Waals surface area contributed by atoms with Gasteiger partial charge in [-0.15, -0.1) is 0 Å². The third-order valence-electron chi connectivity index (χ3n) is 3.34. The number of hydrogen-bond acceptors (Lipinski definition) is 5. The molecule has 0 atom stereocenters. The highest BCUT2D eigenvalue weighted by atomic mass is 79.9. The van der Waals surface area contributed by atoms with Crippen LogP contribution in [-0.2, 0) is 4.74 Å². The lowest BCUT2D eigenvalue weighted by Gasteiger charge is -2.11. The van der Waals surface area contributed by atoms with Crippen molar-refractivity contribution in [2.75, 3.05) is 13.2 Å². The van der Waals surface area contributed by atoms with E-state index in [1.807, 2.05) is 13.8 Å². The van der Waals surface area contributed by atoms with Gasteiger partial charge in [-0.05, 0) is 49.2 Å². The quantitative estimate of drug-likeness (QED) is 0.442. The number of ether oxygens (including phenoxy) is 3.